The van der Waals surface area contributed by atoms with Crippen LogP contribution in [0.4, 0.5) is 4.39 Å². The number of H-pyrrole nitrogens is 1. The number of aliphatic hydroxyl groups excluding tert-OH is 1. The average Bonchev–Trinajstić information content (AvgIpc) is 2.94. The van der Waals surface area contributed by atoms with Crippen LogP contribution in [0.25, 0.3) is 0 Å². The molecule has 4 atom stereocenters. The number of hydrogen-bond donors (Lipinski definition) is 2. The van der Waals surface area contributed by atoms with Crippen LogP contribution in [0.5, 0.6) is 5.75 Å². The molecule has 2 aliphatic rings. The molecular formula is C17H17ClFN2O8P. The lowest BCUT2D eigenvalue weighted by atomic mass is 10.1. The van der Waals surface area contributed by atoms with E-state index in [4.69, 9.17) is 31.3 Å². The van der Waals surface area contributed by atoms with Crippen LogP contribution in [-0.4, -0.2) is 33.2 Å². The minimum absolute atomic E-state index is 0.0925. The number of aliphatic hydroxyl groups is 1. The molecule has 162 valence electrons. The van der Waals surface area contributed by atoms with Gasteiger partial charge in [0.2, 0.25) is 5.85 Å². The van der Waals surface area contributed by atoms with Gasteiger partial charge in [0.15, 0.2) is 6.20 Å². The number of rotatable bonds is 4. The maximum Gasteiger partial charge on any atom is 0.530 e. The molecule has 2 aliphatic heterocycles. The van der Waals surface area contributed by atoms with Crippen molar-refractivity contribution in [3.63, 3.8) is 0 Å². The lowest BCUT2D eigenvalue weighted by molar-refractivity contribution is -0.179. The molecule has 4 rings (SSSR count). The average molecular weight is 464 g/mol. The van der Waals surface area contributed by atoms with E-state index in [1.807, 2.05) is 4.98 Å². The summed E-state index contributed by atoms with van der Waals surface area (Å²) >= 11 is 5.67. The molecule has 0 radical (unpaired) electrons. The summed E-state index contributed by atoms with van der Waals surface area (Å²) in [6.45, 7) is 0.600. The monoisotopic (exact) mass is 463 g/mol. The number of nitrogens with zero attached hydrogens (tertiary/aromatic N) is 1. The SMILES string of the molecule is [2H][C@@]1(n2cc(Cl)c(=O)[nH]c2=O)O[C@](F)(COP2(=O)OCc3cccc(C)c3O2)C[C@H]1O. The zero-order valence-electron chi connectivity index (χ0n) is 16.5. The summed E-state index contributed by atoms with van der Waals surface area (Å²) in [6, 6.07) is 5.20. The Kier molecular flexibility index (Phi) is 5.04. The van der Waals surface area contributed by atoms with Crippen molar-refractivity contribution in [1.82, 2.24) is 9.55 Å². The minimum Gasteiger partial charge on any atom is -0.403 e. The number of aromatic amines is 1. The van der Waals surface area contributed by atoms with E-state index in [1.54, 1.807) is 25.1 Å². The van der Waals surface area contributed by atoms with Crippen molar-refractivity contribution >= 4 is 19.4 Å². The Morgan fingerprint density at radius 2 is 2.30 bits per heavy atom. The lowest BCUT2D eigenvalue weighted by Crippen LogP contribution is -2.36. The second kappa shape index (κ2) is 7.60. The number of alkyl halides is 1. The number of ether oxygens (including phenoxy) is 1. The number of fused-ring (bicyclic) bond motifs is 1. The Bertz CT molecular complexity index is 1210. The summed E-state index contributed by atoms with van der Waals surface area (Å²) in [5, 5.41) is 9.78. The van der Waals surface area contributed by atoms with Crippen LogP contribution in [0.2, 0.25) is 5.02 Å². The topological polar surface area (TPSA) is 129 Å². The van der Waals surface area contributed by atoms with E-state index in [2.05, 4.69) is 0 Å². The third kappa shape index (κ3) is 3.96. The molecule has 10 nitrogen and oxygen atoms in total. The highest BCUT2D eigenvalue weighted by Crippen LogP contribution is 2.56. The van der Waals surface area contributed by atoms with E-state index in [0.29, 0.717) is 21.4 Å². The van der Waals surface area contributed by atoms with Crippen molar-refractivity contribution in [1.29, 1.82) is 0 Å². The number of nitrogens with one attached hydrogen (secondary N) is 1. The number of halogens is 2. The van der Waals surface area contributed by atoms with Gasteiger partial charge in [-0.15, -0.1) is 0 Å². The molecule has 3 heterocycles. The normalized spacial score (nSPS) is 33.6. The summed E-state index contributed by atoms with van der Waals surface area (Å²) in [6.07, 6.45) is -4.59. The van der Waals surface area contributed by atoms with Gasteiger partial charge >= 0.3 is 13.5 Å². The molecular weight excluding hydrogens is 446 g/mol. The highest BCUT2D eigenvalue weighted by molar-refractivity contribution is 7.49. The first kappa shape index (κ1) is 19.9. The van der Waals surface area contributed by atoms with E-state index in [9.17, 15) is 19.3 Å². The molecule has 13 heteroatoms. The molecule has 1 aromatic carbocycles. The first-order chi connectivity index (χ1) is 14.4. The highest BCUT2D eigenvalue weighted by atomic mass is 35.5. The van der Waals surface area contributed by atoms with Crippen LogP contribution < -0.4 is 15.8 Å². The van der Waals surface area contributed by atoms with Crippen molar-refractivity contribution in [2.24, 2.45) is 0 Å². The zero-order valence-corrected chi connectivity index (χ0v) is 17.1. The van der Waals surface area contributed by atoms with Crippen LogP contribution in [-0.2, 0) is 25.0 Å². The predicted octanol–water partition coefficient (Wildman–Crippen LogP) is 2.18. The number of phosphoric ester groups is 1. The number of aryl methyl sites for hydroxylation is 1. The van der Waals surface area contributed by atoms with Gasteiger partial charge in [-0.1, -0.05) is 29.8 Å². The quantitative estimate of drug-likeness (QED) is 0.660. The third-order valence-corrected chi connectivity index (χ3v) is 6.09. The first-order valence-corrected chi connectivity index (χ1v) is 10.5. The lowest BCUT2D eigenvalue weighted by Gasteiger charge is -2.28. The maximum absolute atomic E-state index is 15.3. The third-order valence-electron chi connectivity index (χ3n) is 4.52. The fraction of sp³-hybridized carbons (Fsp3) is 0.412. The number of phosphoric acid groups is 1. The van der Waals surface area contributed by atoms with E-state index >= 15 is 4.39 Å². The molecule has 30 heavy (non-hydrogen) atoms. The second-order valence-corrected chi connectivity index (χ2v) is 8.80. The van der Waals surface area contributed by atoms with Crippen molar-refractivity contribution in [2.45, 2.75) is 38.1 Å². The molecule has 1 unspecified atom stereocenters. The largest absolute Gasteiger partial charge is 0.530 e. The summed E-state index contributed by atoms with van der Waals surface area (Å²) in [7, 11) is -4.23. The van der Waals surface area contributed by atoms with Gasteiger partial charge in [-0.3, -0.25) is 23.4 Å². The molecule has 0 saturated carbocycles. The molecule has 2 aromatic rings. The van der Waals surface area contributed by atoms with Gasteiger partial charge in [-0.25, -0.2) is 13.8 Å². The summed E-state index contributed by atoms with van der Waals surface area (Å²) < 4.78 is 57.3. The van der Waals surface area contributed by atoms with Crippen molar-refractivity contribution in [3.05, 3.63) is 61.4 Å². The standard InChI is InChI=1S/C17H17ClFN2O8P/c1-9-3-2-4-10-7-26-30(25,29-13(9)10)27-8-17(19)5-12(22)15(28-17)21-6-11(18)14(23)20-16(21)24/h2-4,6,12,15,22H,5,7-8H2,1H3,(H,20,23,24)/t12-,15-,17+,30?/m1/s1/i15D. The Morgan fingerprint density at radius 1 is 1.53 bits per heavy atom. The zero-order chi connectivity index (χ0) is 22.6. The van der Waals surface area contributed by atoms with Crippen LogP contribution in [0, 0.1) is 6.92 Å². The fourth-order valence-electron chi connectivity index (χ4n) is 3.07. The van der Waals surface area contributed by atoms with Crippen LogP contribution in [0.15, 0.2) is 34.0 Å². The Hall–Kier alpha value is -2.01. The number of benzene rings is 1. The molecule has 0 aliphatic carbocycles. The molecule has 1 saturated heterocycles. The summed E-state index contributed by atoms with van der Waals surface area (Å²) in [5.41, 5.74) is -0.759. The molecule has 0 bridgehead atoms. The number of hydrogen-bond acceptors (Lipinski definition) is 8. The van der Waals surface area contributed by atoms with E-state index in [1.165, 1.54) is 0 Å². The Morgan fingerprint density at radius 3 is 3.07 bits per heavy atom. The van der Waals surface area contributed by atoms with Crippen molar-refractivity contribution in [3.8, 4) is 5.75 Å². The van der Waals surface area contributed by atoms with Gasteiger partial charge < -0.3 is 14.4 Å². The smallest absolute Gasteiger partial charge is 0.403 e. The Balaban J connectivity index is 1.54. The van der Waals surface area contributed by atoms with E-state index in [0.717, 1.165) is 6.20 Å². The van der Waals surface area contributed by atoms with Gasteiger partial charge in [0, 0.05) is 18.2 Å². The van der Waals surface area contributed by atoms with Gasteiger partial charge in [0.1, 0.15) is 23.5 Å². The molecule has 0 amide bonds. The minimum atomic E-state index is -4.23. The molecule has 2 N–H and O–H groups in total. The maximum atomic E-state index is 15.3. The first-order valence-electron chi connectivity index (χ1n) is 9.21. The van der Waals surface area contributed by atoms with Crippen molar-refractivity contribution in [2.75, 3.05) is 6.61 Å². The fourth-order valence-corrected chi connectivity index (χ4v) is 4.52. The number of aromatic nitrogens is 2. The molecule has 1 aromatic heterocycles. The summed E-state index contributed by atoms with van der Waals surface area (Å²) in [4.78, 5) is 25.3. The Labute approximate surface area is 175 Å². The van der Waals surface area contributed by atoms with Gasteiger partial charge in [-0.05, 0) is 12.5 Å². The summed E-state index contributed by atoms with van der Waals surface area (Å²) in [5.74, 6) is -2.54. The van der Waals surface area contributed by atoms with Crippen LogP contribution in [0.3, 0.4) is 0 Å². The van der Waals surface area contributed by atoms with Gasteiger partial charge in [0.05, 0.1) is 7.98 Å². The van der Waals surface area contributed by atoms with Crippen LogP contribution >= 0.6 is 19.4 Å². The van der Waals surface area contributed by atoms with E-state index in [-0.39, 0.29) is 6.61 Å². The van der Waals surface area contributed by atoms with Crippen molar-refractivity contribution < 1.29 is 33.7 Å². The molecule has 1 fully saturated rings. The van der Waals surface area contributed by atoms with E-state index < -0.39 is 55.3 Å². The van der Waals surface area contributed by atoms with Gasteiger partial charge in [0.25, 0.3) is 5.56 Å². The highest BCUT2D eigenvalue weighted by Gasteiger charge is 2.50. The van der Waals surface area contributed by atoms with Crippen LogP contribution in [0.1, 0.15) is 25.1 Å². The second-order valence-electron chi connectivity index (χ2n) is 6.80. The van der Waals surface area contributed by atoms with Gasteiger partial charge in [-0.2, -0.15) is 0 Å². The molecule has 0 spiro atoms. The predicted molar refractivity (Wildman–Crippen MR) is 101 cm³/mol. The number of para-hydroxylation sites is 1.